The van der Waals surface area contributed by atoms with Crippen molar-refractivity contribution in [1.29, 1.82) is 0 Å². The molecule has 0 saturated carbocycles. The molecule has 0 aromatic heterocycles. The Bertz CT molecular complexity index is 1010. The molecule has 2 heterocycles. The standard InChI is InChI=1S/C26H33N3O4/c1-4-32-23-10-6-5-8-20(23)15-27-25(30)21-9-7-13-28(17-21)26(31)29-16-19(3)33-24-12-11-18(2)14-22(24)29/h5-6,8,10-12,14,19,21H,4,7,9,13,15-17H2,1-3H3,(H,27,30)/t19-,21+/m1/s1. The Kier molecular flexibility index (Phi) is 7.06. The van der Waals surface area contributed by atoms with Crippen LogP contribution in [0.2, 0.25) is 0 Å². The summed E-state index contributed by atoms with van der Waals surface area (Å²) < 4.78 is 11.6. The lowest BCUT2D eigenvalue weighted by Crippen LogP contribution is -2.53. The molecule has 3 amide bonds. The molecular weight excluding hydrogens is 418 g/mol. The van der Waals surface area contributed by atoms with Crippen molar-refractivity contribution < 1.29 is 19.1 Å². The summed E-state index contributed by atoms with van der Waals surface area (Å²) in [7, 11) is 0. The Balaban J connectivity index is 1.41. The van der Waals surface area contributed by atoms with Crippen LogP contribution in [0.25, 0.3) is 0 Å². The molecule has 0 radical (unpaired) electrons. The first-order chi connectivity index (χ1) is 16.0. The number of para-hydroxylation sites is 1. The first kappa shape index (κ1) is 23.0. The van der Waals surface area contributed by atoms with Gasteiger partial charge in [-0.1, -0.05) is 24.3 Å². The van der Waals surface area contributed by atoms with Gasteiger partial charge in [-0.05, 0) is 57.4 Å². The molecule has 0 spiro atoms. The van der Waals surface area contributed by atoms with E-state index in [1.807, 2.05) is 68.1 Å². The fourth-order valence-corrected chi connectivity index (χ4v) is 4.54. The highest BCUT2D eigenvalue weighted by atomic mass is 16.5. The summed E-state index contributed by atoms with van der Waals surface area (Å²) >= 11 is 0. The number of anilines is 1. The number of benzene rings is 2. The van der Waals surface area contributed by atoms with Gasteiger partial charge in [0.2, 0.25) is 5.91 Å². The van der Waals surface area contributed by atoms with Gasteiger partial charge in [0.15, 0.2) is 0 Å². The number of fused-ring (bicyclic) bond motifs is 1. The third-order valence-electron chi connectivity index (χ3n) is 6.19. The van der Waals surface area contributed by atoms with Crippen molar-refractivity contribution in [3.8, 4) is 11.5 Å². The molecule has 2 aromatic carbocycles. The number of ether oxygens (including phenoxy) is 2. The van der Waals surface area contributed by atoms with Gasteiger partial charge in [0.25, 0.3) is 0 Å². The number of hydrogen-bond donors (Lipinski definition) is 1. The Morgan fingerprint density at radius 2 is 2.00 bits per heavy atom. The van der Waals surface area contributed by atoms with Gasteiger partial charge in [-0.15, -0.1) is 0 Å². The normalized spacial score (nSPS) is 20.0. The summed E-state index contributed by atoms with van der Waals surface area (Å²) in [4.78, 5) is 30.1. The third kappa shape index (κ3) is 5.24. The number of hydrogen-bond acceptors (Lipinski definition) is 4. The average molecular weight is 452 g/mol. The smallest absolute Gasteiger partial charge is 0.324 e. The number of piperidine rings is 1. The van der Waals surface area contributed by atoms with E-state index >= 15 is 0 Å². The maximum Gasteiger partial charge on any atom is 0.324 e. The summed E-state index contributed by atoms with van der Waals surface area (Å²) in [5.41, 5.74) is 2.83. The molecule has 1 saturated heterocycles. The van der Waals surface area contributed by atoms with Crippen LogP contribution in [0.4, 0.5) is 10.5 Å². The van der Waals surface area contributed by atoms with Gasteiger partial charge in [0.1, 0.15) is 17.6 Å². The lowest BCUT2D eigenvalue weighted by molar-refractivity contribution is -0.126. The van der Waals surface area contributed by atoms with Crippen LogP contribution >= 0.6 is 0 Å². The van der Waals surface area contributed by atoms with Crippen LogP contribution in [0.15, 0.2) is 42.5 Å². The second-order valence-corrected chi connectivity index (χ2v) is 8.84. The summed E-state index contributed by atoms with van der Waals surface area (Å²) in [6.07, 6.45) is 1.50. The van der Waals surface area contributed by atoms with Gasteiger partial charge in [0, 0.05) is 25.2 Å². The summed E-state index contributed by atoms with van der Waals surface area (Å²) in [5, 5.41) is 3.05. The third-order valence-corrected chi connectivity index (χ3v) is 6.19. The van der Waals surface area contributed by atoms with E-state index in [0.717, 1.165) is 41.2 Å². The number of aryl methyl sites for hydroxylation is 1. The van der Waals surface area contributed by atoms with Gasteiger partial charge < -0.3 is 19.7 Å². The predicted molar refractivity (Wildman–Crippen MR) is 128 cm³/mol. The quantitative estimate of drug-likeness (QED) is 0.742. The molecule has 1 fully saturated rings. The average Bonchev–Trinajstić information content (AvgIpc) is 2.83. The molecule has 0 unspecified atom stereocenters. The molecule has 2 aliphatic rings. The highest BCUT2D eigenvalue weighted by molar-refractivity contribution is 5.95. The molecule has 33 heavy (non-hydrogen) atoms. The molecule has 2 atom stereocenters. The zero-order valence-electron chi connectivity index (χ0n) is 19.7. The maximum atomic E-state index is 13.5. The van der Waals surface area contributed by atoms with E-state index in [9.17, 15) is 9.59 Å². The molecule has 7 heteroatoms. The van der Waals surface area contributed by atoms with Crippen LogP contribution in [-0.2, 0) is 11.3 Å². The van der Waals surface area contributed by atoms with E-state index in [1.54, 1.807) is 4.90 Å². The molecule has 0 bridgehead atoms. The Morgan fingerprint density at radius 1 is 1.18 bits per heavy atom. The fourth-order valence-electron chi connectivity index (χ4n) is 4.54. The van der Waals surface area contributed by atoms with Gasteiger partial charge in [-0.2, -0.15) is 0 Å². The van der Waals surface area contributed by atoms with Crippen molar-refractivity contribution in [2.24, 2.45) is 5.92 Å². The van der Waals surface area contributed by atoms with Gasteiger partial charge in [-0.25, -0.2) is 4.79 Å². The van der Waals surface area contributed by atoms with Crippen LogP contribution in [0.5, 0.6) is 11.5 Å². The van der Waals surface area contributed by atoms with E-state index < -0.39 is 0 Å². The van der Waals surface area contributed by atoms with Crippen molar-refractivity contribution in [2.75, 3.05) is 31.1 Å². The Morgan fingerprint density at radius 3 is 2.82 bits per heavy atom. The van der Waals surface area contributed by atoms with Crippen molar-refractivity contribution in [1.82, 2.24) is 10.2 Å². The molecule has 4 rings (SSSR count). The molecule has 2 aromatic rings. The summed E-state index contributed by atoms with van der Waals surface area (Å²) in [6.45, 7) is 8.48. The maximum absolute atomic E-state index is 13.5. The van der Waals surface area contributed by atoms with E-state index in [0.29, 0.717) is 32.8 Å². The van der Waals surface area contributed by atoms with E-state index in [4.69, 9.17) is 9.47 Å². The van der Waals surface area contributed by atoms with Gasteiger partial charge in [0.05, 0.1) is 24.8 Å². The number of nitrogens with zero attached hydrogens (tertiary/aromatic N) is 2. The summed E-state index contributed by atoms with van der Waals surface area (Å²) in [5.74, 6) is 1.27. The van der Waals surface area contributed by atoms with Crippen molar-refractivity contribution in [3.05, 3.63) is 53.6 Å². The largest absolute Gasteiger partial charge is 0.494 e. The van der Waals surface area contributed by atoms with E-state index in [2.05, 4.69) is 5.32 Å². The highest BCUT2D eigenvalue weighted by Crippen LogP contribution is 2.35. The minimum atomic E-state index is -0.225. The monoisotopic (exact) mass is 451 g/mol. The molecule has 7 nitrogen and oxygen atoms in total. The number of likely N-dealkylation sites (tertiary alicyclic amines) is 1. The predicted octanol–water partition coefficient (Wildman–Crippen LogP) is 4.13. The second-order valence-electron chi connectivity index (χ2n) is 8.84. The van der Waals surface area contributed by atoms with E-state index in [1.165, 1.54) is 0 Å². The minimum Gasteiger partial charge on any atom is -0.494 e. The summed E-state index contributed by atoms with van der Waals surface area (Å²) in [6, 6.07) is 13.6. The van der Waals surface area contributed by atoms with Crippen molar-refractivity contribution in [2.45, 2.75) is 46.3 Å². The Hall–Kier alpha value is -3.22. The number of nitrogens with one attached hydrogen (secondary N) is 1. The first-order valence-corrected chi connectivity index (χ1v) is 11.8. The van der Waals surface area contributed by atoms with Crippen LogP contribution < -0.4 is 19.7 Å². The number of carbonyl (C=O) groups excluding carboxylic acids is 2. The number of rotatable bonds is 5. The number of carbonyl (C=O) groups is 2. The van der Waals surface area contributed by atoms with E-state index in [-0.39, 0.29) is 24.0 Å². The highest BCUT2D eigenvalue weighted by Gasteiger charge is 2.34. The lowest BCUT2D eigenvalue weighted by atomic mass is 9.97. The second kappa shape index (κ2) is 10.1. The molecule has 0 aliphatic carbocycles. The van der Waals surface area contributed by atoms with Crippen LogP contribution in [0.1, 0.15) is 37.8 Å². The molecule has 1 N–H and O–H groups in total. The first-order valence-electron chi connectivity index (χ1n) is 11.8. The van der Waals surface area contributed by atoms with Crippen molar-refractivity contribution in [3.63, 3.8) is 0 Å². The van der Waals surface area contributed by atoms with Gasteiger partial charge >= 0.3 is 6.03 Å². The SMILES string of the molecule is CCOc1ccccc1CNC(=O)[C@H]1CCCN(C(=O)N2C[C@@H](C)Oc3ccc(C)cc32)C1. The number of urea groups is 1. The topological polar surface area (TPSA) is 71.1 Å². The zero-order valence-corrected chi connectivity index (χ0v) is 19.7. The number of amides is 3. The lowest BCUT2D eigenvalue weighted by Gasteiger charge is -2.39. The Labute approximate surface area is 195 Å². The van der Waals surface area contributed by atoms with Crippen LogP contribution in [-0.4, -0.2) is 49.2 Å². The minimum absolute atomic E-state index is 0.0228. The molecular formula is C26H33N3O4. The molecule has 2 aliphatic heterocycles. The van der Waals surface area contributed by atoms with Crippen LogP contribution in [0, 0.1) is 12.8 Å². The van der Waals surface area contributed by atoms with Crippen molar-refractivity contribution >= 4 is 17.6 Å². The molecule has 176 valence electrons. The van der Waals surface area contributed by atoms with Gasteiger partial charge in [-0.3, -0.25) is 9.69 Å². The zero-order chi connectivity index (χ0) is 23.4. The van der Waals surface area contributed by atoms with Crippen LogP contribution in [0.3, 0.4) is 0 Å². The fraction of sp³-hybridized carbons (Fsp3) is 0.462.